The Balaban J connectivity index is 2.33. The quantitative estimate of drug-likeness (QED) is 0.682. The van der Waals surface area contributed by atoms with Crippen molar-refractivity contribution in [1.29, 1.82) is 0 Å². The van der Waals surface area contributed by atoms with E-state index in [1.807, 2.05) is 23.5 Å². The van der Waals surface area contributed by atoms with Gasteiger partial charge in [0.25, 0.3) is 0 Å². The minimum absolute atomic E-state index is 0.369. The van der Waals surface area contributed by atoms with Gasteiger partial charge in [0.2, 0.25) is 0 Å². The first-order chi connectivity index (χ1) is 9.07. The number of hydrogen-bond acceptors (Lipinski definition) is 4. The standard InChI is InChI=1S/C14H28N4S/c1-11(2)13-12(15)14(18(3)17-13)16-9-7-5-6-8-10-19-4/h11,16H,5-10,15H2,1-4H3. The molecule has 0 unspecified atom stereocenters. The van der Waals surface area contributed by atoms with E-state index in [-0.39, 0.29) is 0 Å². The first-order valence-electron chi connectivity index (χ1n) is 7.13. The fourth-order valence-corrected chi connectivity index (χ4v) is 2.62. The molecule has 0 aromatic carbocycles. The van der Waals surface area contributed by atoms with Crippen molar-refractivity contribution in [3.05, 3.63) is 5.69 Å². The summed E-state index contributed by atoms with van der Waals surface area (Å²) >= 11 is 1.93. The number of aryl methyl sites for hydroxylation is 1. The van der Waals surface area contributed by atoms with E-state index in [1.165, 1.54) is 31.4 Å². The Kier molecular flexibility index (Phi) is 7.13. The zero-order valence-corrected chi connectivity index (χ0v) is 13.5. The van der Waals surface area contributed by atoms with Gasteiger partial charge < -0.3 is 11.1 Å². The highest BCUT2D eigenvalue weighted by molar-refractivity contribution is 7.98. The van der Waals surface area contributed by atoms with Crippen LogP contribution >= 0.6 is 11.8 Å². The first kappa shape index (κ1) is 16.2. The van der Waals surface area contributed by atoms with Crippen molar-refractivity contribution in [3.8, 4) is 0 Å². The topological polar surface area (TPSA) is 55.9 Å². The zero-order valence-electron chi connectivity index (χ0n) is 12.7. The highest BCUT2D eigenvalue weighted by Gasteiger charge is 2.15. The van der Waals surface area contributed by atoms with Crippen LogP contribution in [0.3, 0.4) is 0 Å². The van der Waals surface area contributed by atoms with Crippen molar-refractivity contribution < 1.29 is 0 Å². The normalized spacial score (nSPS) is 11.2. The van der Waals surface area contributed by atoms with Gasteiger partial charge in [0.15, 0.2) is 0 Å². The van der Waals surface area contributed by atoms with Crippen LogP contribution in [0.25, 0.3) is 0 Å². The van der Waals surface area contributed by atoms with Crippen molar-refractivity contribution in [2.45, 2.75) is 45.4 Å². The molecule has 0 aliphatic heterocycles. The molecule has 1 rings (SSSR count). The van der Waals surface area contributed by atoms with Crippen LogP contribution in [-0.2, 0) is 7.05 Å². The minimum atomic E-state index is 0.369. The lowest BCUT2D eigenvalue weighted by molar-refractivity contribution is 0.680. The van der Waals surface area contributed by atoms with Gasteiger partial charge in [-0.1, -0.05) is 26.7 Å². The third kappa shape index (κ3) is 4.97. The molecular weight excluding hydrogens is 256 g/mol. The van der Waals surface area contributed by atoms with Crippen LogP contribution < -0.4 is 11.1 Å². The second-order valence-electron chi connectivity index (χ2n) is 5.26. The number of nitrogens with two attached hydrogens (primary N) is 1. The van der Waals surface area contributed by atoms with Crippen LogP contribution in [0.4, 0.5) is 11.5 Å². The molecule has 0 bridgehead atoms. The lowest BCUT2D eigenvalue weighted by Gasteiger charge is -2.08. The summed E-state index contributed by atoms with van der Waals surface area (Å²) in [5.74, 6) is 2.61. The molecule has 1 heterocycles. The summed E-state index contributed by atoms with van der Waals surface area (Å²) in [5.41, 5.74) is 7.93. The molecule has 3 N–H and O–H groups in total. The molecule has 0 saturated carbocycles. The maximum atomic E-state index is 6.14. The number of nitrogens with one attached hydrogen (secondary N) is 1. The summed E-state index contributed by atoms with van der Waals surface area (Å²) in [6, 6.07) is 0. The average molecular weight is 284 g/mol. The van der Waals surface area contributed by atoms with Crippen molar-refractivity contribution in [1.82, 2.24) is 9.78 Å². The molecule has 110 valence electrons. The van der Waals surface area contributed by atoms with Crippen molar-refractivity contribution in [2.24, 2.45) is 7.05 Å². The number of thioether (sulfide) groups is 1. The summed E-state index contributed by atoms with van der Waals surface area (Å²) in [6.07, 6.45) is 7.28. The number of rotatable bonds is 9. The molecule has 0 spiro atoms. The van der Waals surface area contributed by atoms with Gasteiger partial charge in [-0.05, 0) is 30.8 Å². The molecule has 0 radical (unpaired) electrons. The van der Waals surface area contributed by atoms with E-state index in [9.17, 15) is 0 Å². The maximum Gasteiger partial charge on any atom is 0.147 e. The summed E-state index contributed by atoms with van der Waals surface area (Å²) in [4.78, 5) is 0. The summed E-state index contributed by atoms with van der Waals surface area (Å²) in [6.45, 7) is 5.21. The van der Waals surface area contributed by atoms with Gasteiger partial charge in [-0.25, -0.2) is 0 Å². The number of anilines is 2. The lowest BCUT2D eigenvalue weighted by Crippen LogP contribution is -2.07. The Bertz CT molecular complexity index is 374. The zero-order chi connectivity index (χ0) is 14.3. The molecule has 0 aliphatic carbocycles. The van der Waals surface area contributed by atoms with Gasteiger partial charge >= 0.3 is 0 Å². The largest absolute Gasteiger partial charge is 0.394 e. The van der Waals surface area contributed by atoms with Gasteiger partial charge in [0.1, 0.15) is 5.82 Å². The van der Waals surface area contributed by atoms with Crippen LogP contribution in [0.2, 0.25) is 0 Å². The average Bonchev–Trinajstić information content (AvgIpc) is 2.65. The molecule has 1 aromatic rings. The van der Waals surface area contributed by atoms with E-state index in [0.29, 0.717) is 5.92 Å². The van der Waals surface area contributed by atoms with E-state index >= 15 is 0 Å². The van der Waals surface area contributed by atoms with E-state index in [4.69, 9.17) is 5.73 Å². The van der Waals surface area contributed by atoms with Crippen molar-refractivity contribution in [2.75, 3.05) is 29.6 Å². The lowest BCUT2D eigenvalue weighted by atomic mass is 10.1. The molecule has 0 atom stereocenters. The van der Waals surface area contributed by atoms with E-state index in [1.54, 1.807) is 0 Å². The fourth-order valence-electron chi connectivity index (χ4n) is 2.13. The van der Waals surface area contributed by atoms with Gasteiger partial charge in [0, 0.05) is 13.6 Å². The van der Waals surface area contributed by atoms with Gasteiger partial charge in [-0.2, -0.15) is 16.9 Å². The minimum Gasteiger partial charge on any atom is -0.394 e. The predicted molar refractivity (Wildman–Crippen MR) is 87.0 cm³/mol. The van der Waals surface area contributed by atoms with Crippen molar-refractivity contribution >= 4 is 23.3 Å². The third-order valence-corrected chi connectivity index (χ3v) is 3.92. The summed E-state index contributed by atoms with van der Waals surface area (Å²) in [7, 11) is 1.95. The molecule has 0 amide bonds. The number of nitrogens with zero attached hydrogens (tertiary/aromatic N) is 2. The van der Waals surface area contributed by atoms with Gasteiger partial charge in [-0.15, -0.1) is 0 Å². The summed E-state index contributed by atoms with van der Waals surface area (Å²) < 4.78 is 1.86. The highest BCUT2D eigenvalue weighted by Crippen LogP contribution is 2.27. The van der Waals surface area contributed by atoms with Crippen LogP contribution in [0.5, 0.6) is 0 Å². The number of unbranched alkanes of at least 4 members (excludes halogenated alkanes) is 3. The predicted octanol–water partition coefficient (Wildman–Crippen LogP) is 3.46. The molecule has 4 nitrogen and oxygen atoms in total. The van der Waals surface area contributed by atoms with E-state index < -0.39 is 0 Å². The van der Waals surface area contributed by atoms with Crippen LogP contribution in [0.15, 0.2) is 0 Å². The van der Waals surface area contributed by atoms with E-state index in [0.717, 1.165) is 23.7 Å². The molecule has 0 fully saturated rings. The Labute approximate surface area is 121 Å². The second-order valence-corrected chi connectivity index (χ2v) is 6.25. The monoisotopic (exact) mass is 284 g/mol. The number of aromatic nitrogens is 2. The number of hydrogen-bond donors (Lipinski definition) is 2. The molecule has 0 aliphatic rings. The Morgan fingerprint density at radius 2 is 1.95 bits per heavy atom. The molecule has 0 saturated heterocycles. The smallest absolute Gasteiger partial charge is 0.147 e. The fraction of sp³-hybridized carbons (Fsp3) is 0.786. The van der Waals surface area contributed by atoms with Gasteiger partial charge in [-0.3, -0.25) is 4.68 Å². The Hall–Kier alpha value is -0.840. The third-order valence-electron chi connectivity index (χ3n) is 3.23. The maximum absolute atomic E-state index is 6.14. The highest BCUT2D eigenvalue weighted by atomic mass is 32.2. The SMILES string of the molecule is CSCCCCCCNc1c(N)c(C(C)C)nn1C. The van der Waals surface area contributed by atoms with Gasteiger partial charge in [0.05, 0.1) is 11.4 Å². The van der Waals surface area contributed by atoms with Crippen molar-refractivity contribution in [3.63, 3.8) is 0 Å². The second kappa shape index (κ2) is 8.35. The summed E-state index contributed by atoms with van der Waals surface area (Å²) in [5, 5.41) is 7.89. The molecule has 1 aromatic heterocycles. The first-order valence-corrected chi connectivity index (χ1v) is 8.52. The Morgan fingerprint density at radius 1 is 1.26 bits per heavy atom. The van der Waals surface area contributed by atoms with Crippen LogP contribution in [0.1, 0.15) is 51.1 Å². The van der Waals surface area contributed by atoms with Crippen LogP contribution in [-0.4, -0.2) is 28.3 Å². The molecular formula is C14H28N4S. The van der Waals surface area contributed by atoms with E-state index in [2.05, 4.69) is 30.5 Å². The number of nitrogen functional groups attached to an aromatic ring is 1. The Morgan fingerprint density at radius 3 is 2.53 bits per heavy atom. The molecule has 19 heavy (non-hydrogen) atoms. The molecule has 5 heteroatoms. The van der Waals surface area contributed by atoms with Crippen LogP contribution in [0, 0.1) is 0 Å².